The first kappa shape index (κ1) is 14.9. The first-order valence-corrected chi connectivity index (χ1v) is 8.02. The molecule has 1 aromatic heterocycles. The van der Waals surface area contributed by atoms with Gasteiger partial charge in [-0.1, -0.05) is 24.9 Å². The van der Waals surface area contributed by atoms with Crippen LogP contribution >= 0.6 is 22.9 Å². The van der Waals surface area contributed by atoms with Crippen molar-refractivity contribution >= 4 is 33.0 Å². The van der Waals surface area contributed by atoms with E-state index in [0.717, 1.165) is 24.2 Å². The molecule has 0 aromatic carbocycles. The molecule has 1 rings (SSSR count). The van der Waals surface area contributed by atoms with E-state index in [1.807, 2.05) is 6.92 Å². The van der Waals surface area contributed by atoms with Crippen LogP contribution in [-0.2, 0) is 10.0 Å². The first-order chi connectivity index (χ1) is 8.02. The van der Waals surface area contributed by atoms with E-state index >= 15 is 0 Å². The van der Waals surface area contributed by atoms with E-state index in [9.17, 15) is 8.42 Å². The minimum Gasteiger partial charge on any atom is -0.395 e. The van der Waals surface area contributed by atoms with Gasteiger partial charge >= 0.3 is 0 Å². The van der Waals surface area contributed by atoms with Crippen LogP contribution in [0.5, 0.6) is 0 Å². The van der Waals surface area contributed by atoms with E-state index < -0.39 is 10.0 Å². The van der Waals surface area contributed by atoms with Crippen LogP contribution in [0.25, 0.3) is 0 Å². The number of thiophene rings is 1. The zero-order valence-electron chi connectivity index (χ0n) is 9.60. The number of aliphatic hydroxyl groups is 1. The van der Waals surface area contributed by atoms with Crippen molar-refractivity contribution in [2.75, 3.05) is 19.7 Å². The zero-order valence-corrected chi connectivity index (χ0v) is 12.0. The Labute approximate surface area is 111 Å². The van der Waals surface area contributed by atoms with E-state index in [2.05, 4.69) is 0 Å². The van der Waals surface area contributed by atoms with Crippen molar-refractivity contribution in [3.05, 3.63) is 16.5 Å². The second-order valence-corrected chi connectivity index (χ2v) is 7.42. The van der Waals surface area contributed by atoms with Gasteiger partial charge in [-0.15, -0.1) is 11.3 Å². The van der Waals surface area contributed by atoms with E-state index in [1.165, 1.54) is 10.4 Å². The minimum atomic E-state index is -3.51. The van der Waals surface area contributed by atoms with Crippen molar-refractivity contribution in [2.24, 2.45) is 0 Å². The molecule has 0 unspecified atom stereocenters. The predicted molar refractivity (Wildman–Crippen MR) is 70.1 cm³/mol. The van der Waals surface area contributed by atoms with Gasteiger partial charge in [0.1, 0.15) is 4.21 Å². The quantitative estimate of drug-likeness (QED) is 0.839. The summed E-state index contributed by atoms with van der Waals surface area (Å²) in [5.41, 5.74) is 0. The summed E-state index contributed by atoms with van der Waals surface area (Å²) in [6.45, 7) is 2.36. The smallest absolute Gasteiger partial charge is 0.252 e. The maximum Gasteiger partial charge on any atom is 0.252 e. The van der Waals surface area contributed by atoms with Gasteiger partial charge in [0.2, 0.25) is 0 Å². The highest BCUT2D eigenvalue weighted by molar-refractivity contribution is 7.91. The van der Waals surface area contributed by atoms with Crippen LogP contribution in [0.1, 0.15) is 19.8 Å². The lowest BCUT2D eigenvalue weighted by Gasteiger charge is -2.19. The molecule has 0 aliphatic carbocycles. The maximum absolute atomic E-state index is 12.2. The molecule has 7 heteroatoms. The topological polar surface area (TPSA) is 57.6 Å². The van der Waals surface area contributed by atoms with Crippen LogP contribution in [0.2, 0.25) is 4.34 Å². The Morgan fingerprint density at radius 2 is 2.12 bits per heavy atom. The summed E-state index contributed by atoms with van der Waals surface area (Å²) in [7, 11) is -3.51. The average Bonchev–Trinajstić information content (AvgIpc) is 2.71. The highest BCUT2D eigenvalue weighted by atomic mass is 35.5. The average molecular weight is 298 g/mol. The van der Waals surface area contributed by atoms with Crippen molar-refractivity contribution in [1.29, 1.82) is 0 Å². The summed E-state index contributed by atoms with van der Waals surface area (Å²) >= 11 is 6.78. The molecule has 4 nitrogen and oxygen atoms in total. The van der Waals surface area contributed by atoms with Gasteiger partial charge in [0.15, 0.2) is 0 Å². The Morgan fingerprint density at radius 1 is 1.41 bits per heavy atom. The Hall–Kier alpha value is -0.140. The van der Waals surface area contributed by atoms with Crippen molar-refractivity contribution in [3.8, 4) is 0 Å². The lowest BCUT2D eigenvalue weighted by Crippen LogP contribution is -2.34. The monoisotopic (exact) mass is 297 g/mol. The molecule has 0 spiro atoms. The highest BCUT2D eigenvalue weighted by Crippen LogP contribution is 2.28. The summed E-state index contributed by atoms with van der Waals surface area (Å²) in [6, 6.07) is 3.06. The number of rotatable bonds is 7. The van der Waals surface area contributed by atoms with Crippen molar-refractivity contribution in [2.45, 2.75) is 24.0 Å². The van der Waals surface area contributed by atoms with Crippen LogP contribution in [0, 0.1) is 0 Å². The summed E-state index contributed by atoms with van der Waals surface area (Å²) < 4.78 is 26.4. The lowest BCUT2D eigenvalue weighted by atomic mass is 10.3. The lowest BCUT2D eigenvalue weighted by molar-refractivity contribution is 0.252. The number of hydrogen-bond donors (Lipinski definition) is 1. The molecule has 0 amide bonds. The molecule has 1 N–H and O–H groups in total. The second kappa shape index (κ2) is 6.70. The molecule has 0 radical (unpaired) electrons. The van der Waals surface area contributed by atoms with Gasteiger partial charge < -0.3 is 5.11 Å². The molecule has 1 heterocycles. The normalized spacial score (nSPS) is 12.2. The van der Waals surface area contributed by atoms with Gasteiger partial charge in [0, 0.05) is 13.1 Å². The molecule has 0 bridgehead atoms. The zero-order chi connectivity index (χ0) is 12.9. The van der Waals surface area contributed by atoms with Gasteiger partial charge in [-0.25, -0.2) is 8.42 Å². The van der Waals surface area contributed by atoms with Gasteiger partial charge in [-0.3, -0.25) is 0 Å². The van der Waals surface area contributed by atoms with Gasteiger partial charge in [0.25, 0.3) is 10.0 Å². The highest BCUT2D eigenvalue weighted by Gasteiger charge is 2.25. The number of unbranched alkanes of at least 4 members (excludes halogenated alkanes) is 1. The Balaban J connectivity index is 2.91. The van der Waals surface area contributed by atoms with Gasteiger partial charge in [-0.2, -0.15) is 4.31 Å². The van der Waals surface area contributed by atoms with Crippen molar-refractivity contribution in [1.82, 2.24) is 4.31 Å². The van der Waals surface area contributed by atoms with Crippen LogP contribution in [-0.4, -0.2) is 37.5 Å². The fraction of sp³-hybridized carbons (Fsp3) is 0.600. The maximum atomic E-state index is 12.2. The summed E-state index contributed by atoms with van der Waals surface area (Å²) in [6.07, 6.45) is 1.68. The van der Waals surface area contributed by atoms with E-state index in [0.29, 0.717) is 10.9 Å². The molecule has 0 atom stereocenters. The van der Waals surface area contributed by atoms with Crippen LogP contribution in [0.4, 0.5) is 0 Å². The van der Waals surface area contributed by atoms with E-state index in [-0.39, 0.29) is 17.4 Å². The molecule has 0 saturated carbocycles. The number of nitrogens with zero attached hydrogens (tertiary/aromatic N) is 1. The molecule has 0 saturated heterocycles. The second-order valence-electron chi connectivity index (χ2n) is 3.54. The predicted octanol–water partition coefficient (Wildman–Crippen LogP) is 2.18. The van der Waals surface area contributed by atoms with Crippen molar-refractivity contribution < 1.29 is 13.5 Å². The summed E-state index contributed by atoms with van der Waals surface area (Å²) in [5.74, 6) is 0. The van der Waals surface area contributed by atoms with Crippen LogP contribution < -0.4 is 0 Å². The van der Waals surface area contributed by atoms with Gasteiger partial charge in [0.05, 0.1) is 10.9 Å². The molecular formula is C10H16ClNO3S2. The molecule has 98 valence electrons. The molecule has 1 aromatic rings. The SMILES string of the molecule is CCCCN(CCO)S(=O)(=O)c1ccc(Cl)s1. The van der Waals surface area contributed by atoms with Gasteiger partial charge in [-0.05, 0) is 18.6 Å². The van der Waals surface area contributed by atoms with Crippen LogP contribution in [0.15, 0.2) is 16.3 Å². The fourth-order valence-corrected chi connectivity index (χ4v) is 4.47. The molecule has 17 heavy (non-hydrogen) atoms. The fourth-order valence-electron chi connectivity index (χ4n) is 1.36. The largest absolute Gasteiger partial charge is 0.395 e. The number of sulfonamides is 1. The molecule has 0 aliphatic rings. The molecule has 0 fully saturated rings. The number of hydrogen-bond acceptors (Lipinski definition) is 4. The Kier molecular flexibility index (Phi) is 5.88. The van der Waals surface area contributed by atoms with E-state index in [4.69, 9.17) is 16.7 Å². The summed E-state index contributed by atoms with van der Waals surface area (Å²) in [5, 5.41) is 8.92. The van der Waals surface area contributed by atoms with Crippen LogP contribution in [0.3, 0.4) is 0 Å². The summed E-state index contributed by atoms with van der Waals surface area (Å²) in [4.78, 5) is 0. The first-order valence-electron chi connectivity index (χ1n) is 5.38. The third-order valence-corrected chi connectivity index (χ3v) is 5.85. The Morgan fingerprint density at radius 3 is 2.59 bits per heavy atom. The third kappa shape index (κ3) is 3.93. The minimum absolute atomic E-state index is 0.123. The Bertz CT molecular complexity index is 444. The van der Waals surface area contributed by atoms with Crippen molar-refractivity contribution in [3.63, 3.8) is 0 Å². The third-order valence-electron chi connectivity index (χ3n) is 2.25. The molecular weight excluding hydrogens is 282 g/mol. The number of halogens is 1. The number of aliphatic hydroxyl groups excluding tert-OH is 1. The standard InChI is InChI=1S/C10H16ClNO3S2/c1-2-3-6-12(7-8-13)17(14,15)10-5-4-9(11)16-10/h4-5,13H,2-3,6-8H2,1H3. The molecule has 0 aliphatic heterocycles. The van der Waals surface area contributed by atoms with E-state index in [1.54, 1.807) is 6.07 Å².